The topological polar surface area (TPSA) is 41.6 Å². The third kappa shape index (κ3) is 4.96. The standard InChI is InChI=1S/C17H34N2O2/c1-5-12-18-17(16(20)21-7-3)11-8-9-15(17)10-14-19(4)13-6-2/h15,18H,5-14H2,1-4H3. The normalized spacial score (nSPS) is 25.5. The highest BCUT2D eigenvalue weighted by molar-refractivity contribution is 5.81. The summed E-state index contributed by atoms with van der Waals surface area (Å²) in [5.74, 6) is 0.376. The van der Waals surface area contributed by atoms with E-state index in [1.54, 1.807) is 0 Å². The molecule has 0 saturated heterocycles. The Morgan fingerprint density at radius 3 is 2.67 bits per heavy atom. The molecule has 0 radical (unpaired) electrons. The first-order valence-electron chi connectivity index (χ1n) is 8.71. The van der Waals surface area contributed by atoms with Gasteiger partial charge in [0, 0.05) is 0 Å². The Bertz CT molecular complexity index is 309. The number of esters is 1. The molecule has 124 valence electrons. The molecule has 4 heteroatoms. The summed E-state index contributed by atoms with van der Waals surface area (Å²) in [4.78, 5) is 14.9. The number of carbonyl (C=O) groups is 1. The lowest BCUT2D eigenvalue weighted by Crippen LogP contribution is -2.56. The van der Waals surface area contributed by atoms with Crippen LogP contribution in [0.3, 0.4) is 0 Å². The second-order valence-corrected chi connectivity index (χ2v) is 6.30. The molecule has 0 aromatic heterocycles. The van der Waals surface area contributed by atoms with E-state index in [2.05, 4.69) is 31.1 Å². The lowest BCUT2D eigenvalue weighted by atomic mass is 9.84. The van der Waals surface area contributed by atoms with E-state index in [1.807, 2.05) is 6.92 Å². The summed E-state index contributed by atoms with van der Waals surface area (Å²) in [5, 5.41) is 3.54. The molecular formula is C17H34N2O2. The summed E-state index contributed by atoms with van der Waals surface area (Å²) >= 11 is 0. The molecule has 1 saturated carbocycles. The Kier molecular flexibility index (Phi) is 8.27. The first-order chi connectivity index (χ1) is 10.1. The number of nitrogens with one attached hydrogen (secondary N) is 1. The Morgan fingerprint density at radius 1 is 1.29 bits per heavy atom. The molecule has 1 aliphatic carbocycles. The van der Waals surface area contributed by atoms with Crippen LogP contribution >= 0.6 is 0 Å². The van der Waals surface area contributed by atoms with Crippen molar-refractivity contribution in [1.82, 2.24) is 10.2 Å². The second kappa shape index (κ2) is 9.42. The van der Waals surface area contributed by atoms with Gasteiger partial charge in [-0.2, -0.15) is 0 Å². The second-order valence-electron chi connectivity index (χ2n) is 6.30. The Labute approximate surface area is 130 Å². The third-order valence-corrected chi connectivity index (χ3v) is 4.62. The highest BCUT2D eigenvalue weighted by Gasteiger charge is 2.49. The average molecular weight is 298 g/mol. The molecule has 4 nitrogen and oxygen atoms in total. The van der Waals surface area contributed by atoms with Crippen molar-refractivity contribution >= 4 is 5.97 Å². The summed E-state index contributed by atoms with van der Waals surface area (Å²) in [5.41, 5.74) is -0.431. The Morgan fingerprint density at radius 2 is 2.05 bits per heavy atom. The van der Waals surface area contributed by atoms with Crippen LogP contribution < -0.4 is 5.32 Å². The van der Waals surface area contributed by atoms with Gasteiger partial charge >= 0.3 is 5.97 Å². The maximum atomic E-state index is 12.6. The van der Waals surface area contributed by atoms with E-state index in [0.717, 1.165) is 51.7 Å². The molecule has 2 unspecified atom stereocenters. The van der Waals surface area contributed by atoms with Crippen LogP contribution in [0.25, 0.3) is 0 Å². The van der Waals surface area contributed by atoms with E-state index in [0.29, 0.717) is 12.5 Å². The maximum Gasteiger partial charge on any atom is 0.326 e. The smallest absolute Gasteiger partial charge is 0.326 e. The minimum absolute atomic E-state index is 0.0286. The van der Waals surface area contributed by atoms with Gasteiger partial charge in [0.15, 0.2) is 0 Å². The number of rotatable bonds is 10. The fraction of sp³-hybridized carbons (Fsp3) is 0.941. The van der Waals surface area contributed by atoms with Crippen molar-refractivity contribution in [2.45, 2.75) is 64.8 Å². The highest BCUT2D eigenvalue weighted by atomic mass is 16.5. The minimum atomic E-state index is -0.431. The van der Waals surface area contributed by atoms with E-state index >= 15 is 0 Å². The van der Waals surface area contributed by atoms with Gasteiger partial charge in [0.2, 0.25) is 0 Å². The van der Waals surface area contributed by atoms with Crippen LogP contribution in [0.2, 0.25) is 0 Å². The minimum Gasteiger partial charge on any atom is -0.465 e. The van der Waals surface area contributed by atoms with Gasteiger partial charge in [0.1, 0.15) is 5.54 Å². The van der Waals surface area contributed by atoms with Gasteiger partial charge in [0.05, 0.1) is 6.61 Å². The fourth-order valence-corrected chi connectivity index (χ4v) is 3.52. The SMILES string of the molecule is CCCNC1(C(=O)OCC)CCCC1CCN(C)CCC. The molecule has 1 aliphatic rings. The van der Waals surface area contributed by atoms with Crippen molar-refractivity contribution in [3.8, 4) is 0 Å². The average Bonchev–Trinajstić information content (AvgIpc) is 2.87. The van der Waals surface area contributed by atoms with Crippen molar-refractivity contribution in [2.75, 3.05) is 33.3 Å². The van der Waals surface area contributed by atoms with Crippen molar-refractivity contribution in [3.63, 3.8) is 0 Å². The molecule has 0 amide bonds. The quantitative estimate of drug-likeness (QED) is 0.630. The lowest BCUT2D eigenvalue weighted by Gasteiger charge is -2.35. The Hall–Kier alpha value is -0.610. The number of nitrogens with zero attached hydrogens (tertiary/aromatic N) is 1. The summed E-state index contributed by atoms with van der Waals surface area (Å²) in [6.07, 6.45) is 6.48. The van der Waals surface area contributed by atoms with Crippen LogP contribution in [0.4, 0.5) is 0 Å². The van der Waals surface area contributed by atoms with E-state index < -0.39 is 5.54 Å². The summed E-state index contributed by atoms with van der Waals surface area (Å²) in [6.45, 7) is 9.79. The van der Waals surface area contributed by atoms with Gasteiger partial charge in [-0.05, 0) is 71.6 Å². The number of ether oxygens (including phenoxy) is 1. The lowest BCUT2D eigenvalue weighted by molar-refractivity contribution is -0.153. The van der Waals surface area contributed by atoms with E-state index in [4.69, 9.17) is 4.74 Å². The number of carbonyl (C=O) groups excluding carboxylic acids is 1. The van der Waals surface area contributed by atoms with Gasteiger partial charge < -0.3 is 15.0 Å². The Balaban J connectivity index is 2.71. The van der Waals surface area contributed by atoms with E-state index in [9.17, 15) is 4.79 Å². The fourth-order valence-electron chi connectivity index (χ4n) is 3.52. The maximum absolute atomic E-state index is 12.6. The zero-order valence-corrected chi connectivity index (χ0v) is 14.4. The van der Waals surface area contributed by atoms with Gasteiger partial charge in [-0.3, -0.25) is 4.79 Å². The van der Waals surface area contributed by atoms with Crippen LogP contribution in [0, 0.1) is 5.92 Å². The zero-order chi connectivity index (χ0) is 15.7. The summed E-state index contributed by atoms with van der Waals surface area (Å²) < 4.78 is 5.40. The first kappa shape index (κ1) is 18.4. The molecule has 1 fully saturated rings. The van der Waals surface area contributed by atoms with Gasteiger partial charge in [-0.1, -0.05) is 20.3 Å². The zero-order valence-electron chi connectivity index (χ0n) is 14.4. The predicted molar refractivity (Wildman–Crippen MR) is 87.4 cm³/mol. The number of hydrogen-bond donors (Lipinski definition) is 1. The predicted octanol–water partition coefficient (Wildman–Crippen LogP) is 2.82. The summed E-state index contributed by atoms with van der Waals surface area (Å²) in [6, 6.07) is 0. The molecule has 0 bridgehead atoms. The molecule has 0 aliphatic heterocycles. The van der Waals surface area contributed by atoms with Crippen LogP contribution in [-0.2, 0) is 9.53 Å². The monoisotopic (exact) mass is 298 g/mol. The number of hydrogen-bond acceptors (Lipinski definition) is 4. The largest absolute Gasteiger partial charge is 0.465 e. The van der Waals surface area contributed by atoms with Gasteiger partial charge in [0.25, 0.3) is 0 Å². The van der Waals surface area contributed by atoms with E-state index in [1.165, 1.54) is 6.42 Å². The molecule has 0 aromatic carbocycles. The molecule has 2 atom stereocenters. The van der Waals surface area contributed by atoms with Crippen molar-refractivity contribution < 1.29 is 9.53 Å². The molecule has 1 N–H and O–H groups in total. The van der Waals surface area contributed by atoms with Crippen LogP contribution in [0.15, 0.2) is 0 Å². The molecule has 0 spiro atoms. The van der Waals surface area contributed by atoms with Crippen molar-refractivity contribution in [2.24, 2.45) is 5.92 Å². The molecular weight excluding hydrogens is 264 g/mol. The molecule has 0 aromatic rings. The summed E-state index contributed by atoms with van der Waals surface area (Å²) in [7, 11) is 2.17. The van der Waals surface area contributed by atoms with Gasteiger partial charge in [-0.25, -0.2) is 0 Å². The van der Waals surface area contributed by atoms with E-state index in [-0.39, 0.29) is 5.97 Å². The van der Waals surface area contributed by atoms with Crippen LogP contribution in [-0.4, -0.2) is 49.7 Å². The highest BCUT2D eigenvalue weighted by Crippen LogP contribution is 2.39. The first-order valence-corrected chi connectivity index (χ1v) is 8.71. The van der Waals surface area contributed by atoms with Crippen LogP contribution in [0.5, 0.6) is 0 Å². The molecule has 1 rings (SSSR count). The van der Waals surface area contributed by atoms with Crippen LogP contribution in [0.1, 0.15) is 59.3 Å². The van der Waals surface area contributed by atoms with Crippen molar-refractivity contribution in [1.29, 1.82) is 0 Å². The molecule has 21 heavy (non-hydrogen) atoms. The third-order valence-electron chi connectivity index (χ3n) is 4.62. The van der Waals surface area contributed by atoms with Crippen molar-refractivity contribution in [3.05, 3.63) is 0 Å². The van der Waals surface area contributed by atoms with Gasteiger partial charge in [-0.15, -0.1) is 0 Å². The molecule has 0 heterocycles.